The van der Waals surface area contributed by atoms with Crippen LogP contribution in [0.2, 0.25) is 0 Å². The van der Waals surface area contributed by atoms with E-state index in [-0.39, 0.29) is 5.75 Å². The number of imidazole rings is 1. The maximum absolute atomic E-state index is 10.00. The Kier molecular flexibility index (Phi) is 2.56. The molecule has 0 fully saturated rings. The molecule has 0 aliphatic carbocycles. The molecule has 5 heteroatoms. The Morgan fingerprint density at radius 1 is 1.28 bits per heavy atom. The van der Waals surface area contributed by atoms with Crippen molar-refractivity contribution in [3.8, 4) is 17.1 Å². The molecule has 2 heterocycles. The highest BCUT2D eigenvalue weighted by Crippen LogP contribution is 2.32. The van der Waals surface area contributed by atoms with E-state index in [1.807, 2.05) is 29.8 Å². The van der Waals surface area contributed by atoms with Crippen molar-refractivity contribution < 1.29 is 5.11 Å². The molecule has 0 aliphatic rings. The van der Waals surface area contributed by atoms with Gasteiger partial charge in [0.15, 0.2) is 0 Å². The first-order valence-corrected chi connectivity index (χ1v) is 6.21. The highest BCUT2D eigenvalue weighted by Gasteiger charge is 2.13. The van der Waals surface area contributed by atoms with Crippen LogP contribution in [0.15, 0.2) is 41.1 Å². The van der Waals surface area contributed by atoms with Crippen molar-refractivity contribution in [2.45, 2.75) is 0 Å². The van der Waals surface area contributed by atoms with E-state index in [1.165, 1.54) is 0 Å². The third-order valence-electron chi connectivity index (χ3n) is 2.88. The van der Waals surface area contributed by atoms with Crippen molar-refractivity contribution >= 4 is 27.0 Å². The van der Waals surface area contributed by atoms with Gasteiger partial charge in [-0.05, 0) is 24.3 Å². The van der Waals surface area contributed by atoms with Crippen molar-refractivity contribution in [3.05, 3.63) is 41.1 Å². The molecule has 0 saturated carbocycles. The van der Waals surface area contributed by atoms with Gasteiger partial charge in [-0.25, -0.2) is 4.98 Å². The Bertz CT molecular complexity index is 736. The lowest BCUT2D eigenvalue weighted by Crippen LogP contribution is -1.92. The fourth-order valence-electron chi connectivity index (χ4n) is 1.99. The number of pyridine rings is 1. The fraction of sp³-hybridized carbons (Fsp3) is 0.0769. The summed E-state index contributed by atoms with van der Waals surface area (Å²) in [5.74, 6) is 0.929. The Labute approximate surface area is 112 Å². The smallest absolute Gasteiger partial charge is 0.144 e. The van der Waals surface area contributed by atoms with E-state index in [0.717, 1.165) is 21.3 Å². The third-order valence-corrected chi connectivity index (χ3v) is 3.38. The molecule has 0 atom stereocenters. The van der Waals surface area contributed by atoms with Crippen LogP contribution in [0.5, 0.6) is 5.75 Å². The van der Waals surface area contributed by atoms with Gasteiger partial charge >= 0.3 is 0 Å². The minimum atomic E-state index is 0.204. The van der Waals surface area contributed by atoms with Crippen LogP contribution in [0.25, 0.3) is 22.4 Å². The van der Waals surface area contributed by atoms with Gasteiger partial charge in [0.2, 0.25) is 0 Å². The molecule has 0 spiro atoms. The summed E-state index contributed by atoms with van der Waals surface area (Å²) < 4.78 is 2.78. The van der Waals surface area contributed by atoms with Crippen molar-refractivity contribution in [2.75, 3.05) is 0 Å². The highest BCUT2D eigenvalue weighted by atomic mass is 79.9. The van der Waals surface area contributed by atoms with Gasteiger partial charge in [-0.15, -0.1) is 0 Å². The van der Waals surface area contributed by atoms with Crippen LogP contribution in [0.4, 0.5) is 0 Å². The molecule has 18 heavy (non-hydrogen) atoms. The average molecular weight is 304 g/mol. The van der Waals surface area contributed by atoms with Crippen LogP contribution in [0.3, 0.4) is 0 Å². The van der Waals surface area contributed by atoms with Crippen molar-refractivity contribution in [2.24, 2.45) is 7.05 Å². The molecule has 2 aromatic heterocycles. The Morgan fingerprint density at radius 2 is 2.11 bits per heavy atom. The molecular weight excluding hydrogens is 294 g/mol. The van der Waals surface area contributed by atoms with Gasteiger partial charge in [0.1, 0.15) is 17.1 Å². The molecule has 0 amide bonds. The Hall–Kier alpha value is -1.88. The second-order valence-electron chi connectivity index (χ2n) is 4.02. The molecular formula is C13H10BrN3O. The zero-order valence-corrected chi connectivity index (χ0v) is 11.2. The molecule has 0 unspecified atom stereocenters. The average Bonchev–Trinajstić information content (AvgIpc) is 2.68. The van der Waals surface area contributed by atoms with E-state index in [0.29, 0.717) is 5.56 Å². The molecule has 90 valence electrons. The van der Waals surface area contributed by atoms with Gasteiger partial charge in [0.25, 0.3) is 0 Å². The molecule has 4 nitrogen and oxygen atoms in total. The van der Waals surface area contributed by atoms with E-state index in [2.05, 4.69) is 25.9 Å². The Balaban J connectivity index is 2.28. The molecule has 3 rings (SSSR count). The monoisotopic (exact) mass is 303 g/mol. The number of phenols is 1. The van der Waals surface area contributed by atoms with Gasteiger partial charge in [-0.2, -0.15) is 0 Å². The van der Waals surface area contributed by atoms with Gasteiger partial charge in [-0.3, -0.25) is 4.98 Å². The molecule has 3 aromatic rings. The molecule has 0 aliphatic heterocycles. The highest BCUT2D eigenvalue weighted by molar-refractivity contribution is 9.10. The number of aromatic hydroxyl groups is 1. The summed E-state index contributed by atoms with van der Waals surface area (Å²) in [6.45, 7) is 0. The van der Waals surface area contributed by atoms with Gasteiger partial charge in [-0.1, -0.05) is 15.9 Å². The lowest BCUT2D eigenvalue weighted by Gasteiger charge is -2.05. The van der Waals surface area contributed by atoms with E-state index in [4.69, 9.17) is 0 Å². The summed E-state index contributed by atoms with van der Waals surface area (Å²) >= 11 is 3.32. The van der Waals surface area contributed by atoms with E-state index >= 15 is 0 Å². The van der Waals surface area contributed by atoms with E-state index in [9.17, 15) is 5.11 Å². The summed E-state index contributed by atoms with van der Waals surface area (Å²) in [5.41, 5.74) is 2.51. The predicted octanol–water partition coefficient (Wildman–Crippen LogP) is 3.10. The maximum atomic E-state index is 10.00. The summed E-state index contributed by atoms with van der Waals surface area (Å²) in [5, 5.41) is 10.00. The van der Waals surface area contributed by atoms with Crippen LogP contribution in [-0.2, 0) is 7.05 Å². The Morgan fingerprint density at radius 3 is 2.83 bits per heavy atom. The first-order valence-electron chi connectivity index (χ1n) is 5.42. The van der Waals surface area contributed by atoms with E-state index in [1.54, 1.807) is 18.5 Å². The topological polar surface area (TPSA) is 50.9 Å². The number of nitrogens with zero attached hydrogens (tertiary/aromatic N) is 3. The fourth-order valence-corrected chi connectivity index (χ4v) is 2.34. The molecule has 1 N–H and O–H groups in total. The summed E-state index contributed by atoms with van der Waals surface area (Å²) in [6, 6.07) is 7.29. The summed E-state index contributed by atoms with van der Waals surface area (Å²) in [7, 11) is 1.92. The number of hydrogen-bond donors (Lipinski definition) is 1. The van der Waals surface area contributed by atoms with Crippen LogP contribution in [0, 0.1) is 0 Å². The summed E-state index contributed by atoms with van der Waals surface area (Å²) in [4.78, 5) is 8.55. The van der Waals surface area contributed by atoms with Gasteiger partial charge < -0.3 is 9.67 Å². The van der Waals surface area contributed by atoms with Crippen LogP contribution in [-0.4, -0.2) is 19.6 Å². The molecule has 1 aromatic carbocycles. The summed E-state index contributed by atoms with van der Waals surface area (Å²) in [6.07, 6.45) is 3.45. The minimum absolute atomic E-state index is 0.204. The zero-order chi connectivity index (χ0) is 12.7. The lowest BCUT2D eigenvalue weighted by atomic mass is 10.2. The number of benzene rings is 1. The number of aromatic nitrogens is 3. The zero-order valence-electron chi connectivity index (χ0n) is 9.63. The predicted molar refractivity (Wildman–Crippen MR) is 73.3 cm³/mol. The standard InChI is InChI=1S/C13H10BrN3O/c1-17-11-4-5-15-7-10(11)16-13(17)9-3-2-8(14)6-12(9)18/h2-7,18H,1H3. The minimum Gasteiger partial charge on any atom is -0.507 e. The second kappa shape index (κ2) is 4.10. The van der Waals surface area contributed by atoms with Crippen LogP contribution in [0.1, 0.15) is 0 Å². The van der Waals surface area contributed by atoms with Crippen LogP contribution < -0.4 is 0 Å². The number of rotatable bonds is 1. The third kappa shape index (κ3) is 1.67. The van der Waals surface area contributed by atoms with Gasteiger partial charge in [0, 0.05) is 17.7 Å². The second-order valence-corrected chi connectivity index (χ2v) is 4.94. The molecule has 0 saturated heterocycles. The largest absolute Gasteiger partial charge is 0.507 e. The van der Waals surface area contributed by atoms with Crippen LogP contribution >= 0.6 is 15.9 Å². The molecule has 0 bridgehead atoms. The van der Waals surface area contributed by atoms with Crippen molar-refractivity contribution in [3.63, 3.8) is 0 Å². The van der Waals surface area contributed by atoms with Gasteiger partial charge in [0.05, 0.1) is 17.3 Å². The SMILES string of the molecule is Cn1c(-c2ccc(Br)cc2O)nc2cnccc21. The normalized spacial score (nSPS) is 11.0. The first-order chi connectivity index (χ1) is 8.66. The van der Waals surface area contributed by atoms with E-state index < -0.39 is 0 Å². The quantitative estimate of drug-likeness (QED) is 0.751. The lowest BCUT2D eigenvalue weighted by molar-refractivity contribution is 0.476. The number of phenolic OH excluding ortho intramolecular Hbond substituents is 1. The number of hydrogen-bond acceptors (Lipinski definition) is 3. The number of halogens is 1. The first kappa shape index (κ1) is 11.2. The van der Waals surface area contributed by atoms with Crippen molar-refractivity contribution in [1.82, 2.24) is 14.5 Å². The number of fused-ring (bicyclic) bond motifs is 1. The van der Waals surface area contributed by atoms with Crippen molar-refractivity contribution in [1.29, 1.82) is 0 Å². The number of aryl methyl sites for hydroxylation is 1. The molecule has 0 radical (unpaired) electrons. The maximum Gasteiger partial charge on any atom is 0.144 e.